The first kappa shape index (κ1) is 24.9. The van der Waals surface area contributed by atoms with Gasteiger partial charge in [-0.15, -0.1) is 0 Å². The van der Waals surface area contributed by atoms with Crippen LogP contribution in [0.2, 0.25) is 0 Å². The van der Waals surface area contributed by atoms with E-state index in [0.717, 1.165) is 0 Å². The first-order valence-corrected chi connectivity index (χ1v) is 0.532. The molecule has 5 heavy (non-hydrogen) atoms. The van der Waals surface area contributed by atoms with Gasteiger partial charge in [-0.25, -0.2) is 0 Å². The summed E-state index contributed by atoms with van der Waals surface area (Å²) < 4.78 is 7.88. The molecule has 5 heteroatoms. The molecule has 0 saturated heterocycles. The standard InChI is InChI=1S/Cu.Fe.Ni.O.Sr.2H. The van der Waals surface area contributed by atoms with E-state index in [2.05, 4.69) is 15.4 Å². The molecule has 0 aromatic carbocycles. The second-order valence-electron chi connectivity index (χ2n) is 0. The van der Waals surface area contributed by atoms with Crippen LogP contribution in [0.3, 0.4) is 0 Å². The first-order chi connectivity index (χ1) is 1.00. The second-order valence-corrected chi connectivity index (χ2v) is 0. The molecule has 1 radical (unpaired) electrons. The van der Waals surface area contributed by atoms with Crippen LogP contribution in [0.4, 0.5) is 0 Å². The SMILES string of the molecule is [Cu].[Fe].[O]=[Ni].[SrH2]. The Bertz CT molecular complexity index is 11.6. The zero-order chi connectivity index (χ0) is 2.00. The molecular formula is H2CuFeNiOSr. The van der Waals surface area contributed by atoms with Gasteiger partial charge in [-0.05, 0) is 0 Å². The Morgan fingerprint density at radius 1 is 1.20 bits per heavy atom. The molecule has 0 aromatic rings. The molecule has 0 aromatic heterocycles. The summed E-state index contributed by atoms with van der Waals surface area (Å²) in [7, 11) is 0. The molecule has 0 saturated carbocycles. The molecule has 0 spiro atoms. The van der Waals surface area contributed by atoms with Gasteiger partial charge in [0.25, 0.3) is 0 Å². The molecule has 0 heterocycles. The van der Waals surface area contributed by atoms with E-state index < -0.39 is 0 Å². The van der Waals surface area contributed by atoms with Gasteiger partial charge in [0.2, 0.25) is 0 Å². The molecule has 1 nitrogen and oxygen atoms in total. The monoisotopic (exact) mass is 283 g/mol. The normalized spacial score (nSPS) is 1.20. The summed E-state index contributed by atoms with van der Waals surface area (Å²) in [5.41, 5.74) is 0. The van der Waals surface area contributed by atoms with E-state index >= 15 is 0 Å². The van der Waals surface area contributed by atoms with E-state index in [9.17, 15) is 0 Å². The number of rotatable bonds is 0. The van der Waals surface area contributed by atoms with Gasteiger partial charge in [-0.1, -0.05) is 0 Å². The topological polar surface area (TPSA) is 17.1 Å². The Morgan fingerprint density at radius 2 is 1.20 bits per heavy atom. The summed E-state index contributed by atoms with van der Waals surface area (Å²) in [4.78, 5) is 0. The van der Waals surface area contributed by atoms with Crippen LogP contribution >= 0.6 is 0 Å². The molecule has 0 rings (SSSR count). The number of hydrogen-bond acceptors (Lipinski definition) is 1. The van der Waals surface area contributed by atoms with Gasteiger partial charge < -0.3 is 0 Å². The van der Waals surface area contributed by atoms with Crippen molar-refractivity contribution < 1.29 is 53.4 Å². The van der Waals surface area contributed by atoms with Crippen molar-refractivity contribution in [3.8, 4) is 0 Å². The van der Waals surface area contributed by atoms with E-state index in [4.69, 9.17) is 3.90 Å². The predicted octanol–water partition coefficient (Wildman–Crippen LogP) is -1.04. The average molecular weight is 284 g/mol. The summed E-state index contributed by atoms with van der Waals surface area (Å²) in [6, 6.07) is 0. The van der Waals surface area contributed by atoms with Gasteiger partial charge in [0.05, 0.1) is 0 Å². The molecular weight excluding hydrogens is 282 g/mol. The van der Waals surface area contributed by atoms with Gasteiger partial charge in [0.15, 0.2) is 0 Å². The van der Waals surface area contributed by atoms with Gasteiger partial charge in [-0.2, -0.15) is 0 Å². The van der Waals surface area contributed by atoms with E-state index in [1.165, 1.54) is 0 Å². The third kappa shape index (κ3) is 19.9. The Morgan fingerprint density at radius 3 is 1.20 bits per heavy atom. The Kier molecular flexibility index (Phi) is 145. The summed E-state index contributed by atoms with van der Waals surface area (Å²) in [6.07, 6.45) is 0. The van der Waals surface area contributed by atoms with Crippen LogP contribution in [0.25, 0.3) is 0 Å². The maximum absolute atomic E-state index is 7.88. The minimum atomic E-state index is 0. The molecule has 0 amide bonds. The molecule has 0 fully saturated rings. The van der Waals surface area contributed by atoms with Crippen molar-refractivity contribution in [3.63, 3.8) is 0 Å². The van der Waals surface area contributed by atoms with Crippen LogP contribution in [0.15, 0.2) is 0 Å². The molecule has 0 atom stereocenters. The van der Waals surface area contributed by atoms with Crippen LogP contribution in [0.5, 0.6) is 0 Å². The Balaban J connectivity index is -0.00000000167. The van der Waals surface area contributed by atoms with Crippen LogP contribution in [0.1, 0.15) is 0 Å². The molecule has 0 aliphatic rings. The summed E-state index contributed by atoms with van der Waals surface area (Å²) in [5, 5.41) is 0. The van der Waals surface area contributed by atoms with Gasteiger partial charge in [-0.3, -0.25) is 0 Å². The van der Waals surface area contributed by atoms with Crippen LogP contribution in [0, 0.1) is 0 Å². The fourth-order valence-electron chi connectivity index (χ4n) is 0. The summed E-state index contributed by atoms with van der Waals surface area (Å²) in [6.45, 7) is 0. The zero-order valence-corrected chi connectivity index (χ0v) is 4.41. The van der Waals surface area contributed by atoms with Crippen LogP contribution < -0.4 is 0 Å². The van der Waals surface area contributed by atoms with Crippen LogP contribution in [-0.4, -0.2) is 45.5 Å². The average Bonchev–Trinajstić information content (AvgIpc) is 1.00. The Labute approximate surface area is 96.8 Å². The van der Waals surface area contributed by atoms with E-state index in [-0.39, 0.29) is 79.6 Å². The van der Waals surface area contributed by atoms with Crippen molar-refractivity contribution in [1.29, 1.82) is 0 Å². The van der Waals surface area contributed by atoms with Crippen molar-refractivity contribution >= 4 is 45.5 Å². The number of hydrogen-bond donors (Lipinski definition) is 0. The molecule has 39 valence electrons. The van der Waals surface area contributed by atoms with Crippen molar-refractivity contribution in [2.75, 3.05) is 0 Å². The predicted molar refractivity (Wildman–Crippen MR) is 9.23 cm³/mol. The fourth-order valence-corrected chi connectivity index (χ4v) is 0. The van der Waals surface area contributed by atoms with Crippen molar-refractivity contribution in [2.24, 2.45) is 0 Å². The third-order valence-electron chi connectivity index (χ3n) is 0. The second kappa shape index (κ2) is 29.1. The summed E-state index contributed by atoms with van der Waals surface area (Å²) in [5.74, 6) is 0. The third-order valence-corrected chi connectivity index (χ3v) is 0. The molecule has 0 aliphatic heterocycles. The van der Waals surface area contributed by atoms with Gasteiger partial charge >= 0.3 is 64.8 Å². The minimum absolute atomic E-state index is 0. The molecule has 0 bridgehead atoms. The first-order valence-electron chi connectivity index (χ1n) is 0.129. The summed E-state index contributed by atoms with van der Waals surface area (Å²) >= 11 is 2.62. The maximum atomic E-state index is 7.88. The van der Waals surface area contributed by atoms with Gasteiger partial charge in [0.1, 0.15) is 0 Å². The molecule has 0 N–H and O–H groups in total. The zero-order valence-electron chi connectivity index (χ0n) is 1.38. The van der Waals surface area contributed by atoms with E-state index in [1.54, 1.807) is 0 Å². The van der Waals surface area contributed by atoms with Crippen LogP contribution in [-0.2, 0) is 53.4 Å². The fraction of sp³-hybridized carbons (Fsp3) is 0. The Hall–Kier alpha value is 2.81. The van der Waals surface area contributed by atoms with Gasteiger partial charge in [0, 0.05) is 34.1 Å². The molecule has 0 aliphatic carbocycles. The van der Waals surface area contributed by atoms with E-state index in [0.29, 0.717) is 0 Å². The molecule has 0 unspecified atom stereocenters. The quantitative estimate of drug-likeness (QED) is 0.519. The van der Waals surface area contributed by atoms with Crippen molar-refractivity contribution in [2.45, 2.75) is 0 Å². The van der Waals surface area contributed by atoms with Crippen molar-refractivity contribution in [3.05, 3.63) is 0 Å². The van der Waals surface area contributed by atoms with Crippen molar-refractivity contribution in [1.82, 2.24) is 0 Å². The van der Waals surface area contributed by atoms with E-state index in [1.807, 2.05) is 0 Å².